The molecule has 0 aliphatic rings. The summed E-state index contributed by atoms with van der Waals surface area (Å²) in [5.74, 6) is 0.609. The van der Waals surface area contributed by atoms with Gasteiger partial charge in [-0.05, 0) is 46.9 Å². The molecule has 0 saturated heterocycles. The maximum atomic E-state index is 12.0. The molecule has 0 bridgehead atoms. The zero-order chi connectivity index (χ0) is 12.5. The molecule has 0 unspecified atom stereocenters. The predicted octanol–water partition coefficient (Wildman–Crippen LogP) is 4.06. The van der Waals surface area contributed by atoms with Gasteiger partial charge in [0.2, 0.25) is 0 Å². The molecule has 18 heavy (non-hydrogen) atoms. The second-order valence-corrected chi connectivity index (χ2v) is 5.23. The molecular weight excluding hydrogens is 339 g/mol. The summed E-state index contributed by atoms with van der Waals surface area (Å²) in [6, 6.07) is 16.7. The van der Waals surface area contributed by atoms with Crippen LogP contribution in [0.15, 0.2) is 63.8 Å². The highest BCUT2D eigenvalue weighted by atomic mass is 127. The van der Waals surface area contributed by atoms with Crippen LogP contribution < -0.4 is 5.43 Å². The number of hydrogen-bond acceptors (Lipinski definition) is 2. The van der Waals surface area contributed by atoms with Crippen molar-refractivity contribution in [3.63, 3.8) is 0 Å². The van der Waals surface area contributed by atoms with Gasteiger partial charge in [-0.15, -0.1) is 0 Å². The first-order valence-electron chi connectivity index (χ1n) is 5.53. The zero-order valence-corrected chi connectivity index (χ0v) is 11.5. The lowest BCUT2D eigenvalue weighted by Crippen LogP contribution is -1.99. The summed E-state index contributed by atoms with van der Waals surface area (Å²) in [7, 11) is 0. The van der Waals surface area contributed by atoms with Crippen LogP contribution in [0.1, 0.15) is 0 Å². The fourth-order valence-corrected chi connectivity index (χ4v) is 2.43. The Kier molecular flexibility index (Phi) is 2.91. The van der Waals surface area contributed by atoms with E-state index < -0.39 is 0 Å². The first-order valence-corrected chi connectivity index (χ1v) is 6.61. The molecule has 0 saturated carbocycles. The Labute approximate surface area is 117 Å². The SMILES string of the molecule is O=c1cc(-c2cccc(I)c2)oc2ccccc12. The van der Waals surface area contributed by atoms with Crippen molar-refractivity contribution < 1.29 is 4.42 Å². The van der Waals surface area contributed by atoms with E-state index in [0.717, 1.165) is 9.13 Å². The fraction of sp³-hybridized carbons (Fsp3) is 0. The minimum atomic E-state index is -0.00860. The average molecular weight is 348 g/mol. The second-order valence-electron chi connectivity index (χ2n) is 3.98. The Balaban J connectivity index is 2.28. The molecule has 1 aromatic heterocycles. The molecule has 3 rings (SSSR count). The Hall–Kier alpha value is -1.62. The number of hydrogen-bond donors (Lipinski definition) is 0. The number of benzene rings is 2. The Morgan fingerprint density at radius 2 is 1.78 bits per heavy atom. The lowest BCUT2D eigenvalue weighted by molar-refractivity contribution is 0.619. The van der Waals surface area contributed by atoms with Crippen LogP contribution >= 0.6 is 22.6 Å². The summed E-state index contributed by atoms with van der Waals surface area (Å²) in [5, 5.41) is 0.617. The molecule has 0 atom stereocenters. The standard InChI is InChI=1S/C15H9IO2/c16-11-5-3-4-10(8-11)15-9-13(17)12-6-1-2-7-14(12)18-15/h1-9H. The molecule has 2 aromatic carbocycles. The van der Waals surface area contributed by atoms with Gasteiger partial charge >= 0.3 is 0 Å². The van der Waals surface area contributed by atoms with Crippen molar-refractivity contribution in [3.05, 3.63) is 68.4 Å². The van der Waals surface area contributed by atoms with E-state index in [0.29, 0.717) is 16.7 Å². The van der Waals surface area contributed by atoms with E-state index in [2.05, 4.69) is 22.6 Å². The van der Waals surface area contributed by atoms with Crippen LogP contribution in [0.3, 0.4) is 0 Å². The van der Waals surface area contributed by atoms with Gasteiger partial charge < -0.3 is 4.42 Å². The van der Waals surface area contributed by atoms with Crippen LogP contribution in [0, 0.1) is 3.57 Å². The van der Waals surface area contributed by atoms with E-state index in [1.165, 1.54) is 0 Å². The molecule has 0 fully saturated rings. The fourth-order valence-electron chi connectivity index (χ4n) is 1.89. The molecule has 3 heteroatoms. The maximum Gasteiger partial charge on any atom is 0.193 e. The second kappa shape index (κ2) is 4.57. The van der Waals surface area contributed by atoms with Crippen molar-refractivity contribution in [1.29, 1.82) is 0 Å². The van der Waals surface area contributed by atoms with Gasteiger partial charge in [0.1, 0.15) is 11.3 Å². The molecule has 1 heterocycles. The van der Waals surface area contributed by atoms with Gasteiger partial charge in [0, 0.05) is 15.2 Å². The Morgan fingerprint density at radius 1 is 0.944 bits per heavy atom. The van der Waals surface area contributed by atoms with Gasteiger partial charge in [-0.2, -0.15) is 0 Å². The van der Waals surface area contributed by atoms with Crippen molar-refractivity contribution in [1.82, 2.24) is 0 Å². The van der Waals surface area contributed by atoms with Crippen LogP contribution in [0.25, 0.3) is 22.3 Å². The summed E-state index contributed by atoms with van der Waals surface area (Å²) in [5.41, 5.74) is 1.54. The van der Waals surface area contributed by atoms with Crippen molar-refractivity contribution >= 4 is 33.6 Å². The largest absolute Gasteiger partial charge is 0.456 e. The van der Waals surface area contributed by atoms with Crippen LogP contribution in [0.4, 0.5) is 0 Å². The molecule has 0 radical (unpaired) electrons. The molecule has 0 spiro atoms. The van der Waals surface area contributed by atoms with Crippen LogP contribution in [-0.4, -0.2) is 0 Å². The Bertz CT molecular complexity index is 775. The molecule has 0 N–H and O–H groups in total. The van der Waals surface area contributed by atoms with Gasteiger partial charge in [-0.1, -0.05) is 24.3 Å². The van der Waals surface area contributed by atoms with Gasteiger partial charge in [0.05, 0.1) is 5.39 Å². The van der Waals surface area contributed by atoms with Crippen molar-refractivity contribution in [3.8, 4) is 11.3 Å². The molecule has 88 valence electrons. The molecule has 0 amide bonds. The van der Waals surface area contributed by atoms with E-state index in [-0.39, 0.29) is 5.43 Å². The summed E-state index contributed by atoms with van der Waals surface area (Å²) in [6.07, 6.45) is 0. The van der Waals surface area contributed by atoms with Crippen LogP contribution in [-0.2, 0) is 0 Å². The molecule has 2 nitrogen and oxygen atoms in total. The van der Waals surface area contributed by atoms with Crippen LogP contribution in [0.2, 0.25) is 0 Å². The normalized spacial score (nSPS) is 10.7. The third kappa shape index (κ3) is 2.06. The summed E-state index contributed by atoms with van der Waals surface area (Å²) >= 11 is 2.24. The highest BCUT2D eigenvalue weighted by molar-refractivity contribution is 14.1. The zero-order valence-electron chi connectivity index (χ0n) is 9.39. The quantitative estimate of drug-likeness (QED) is 0.621. The average Bonchev–Trinajstić information content (AvgIpc) is 2.39. The first-order chi connectivity index (χ1) is 8.74. The van der Waals surface area contributed by atoms with E-state index in [9.17, 15) is 4.79 Å². The van der Waals surface area contributed by atoms with E-state index >= 15 is 0 Å². The van der Waals surface area contributed by atoms with Gasteiger partial charge in [-0.3, -0.25) is 4.79 Å². The number of fused-ring (bicyclic) bond motifs is 1. The molecule has 0 aliphatic heterocycles. The highest BCUT2D eigenvalue weighted by Gasteiger charge is 2.06. The van der Waals surface area contributed by atoms with Crippen molar-refractivity contribution in [2.75, 3.05) is 0 Å². The van der Waals surface area contributed by atoms with E-state index in [4.69, 9.17) is 4.42 Å². The first kappa shape index (κ1) is 11.5. The number of para-hydroxylation sites is 1. The van der Waals surface area contributed by atoms with Crippen molar-refractivity contribution in [2.24, 2.45) is 0 Å². The third-order valence-electron chi connectivity index (χ3n) is 2.74. The van der Waals surface area contributed by atoms with Gasteiger partial charge in [0.25, 0.3) is 0 Å². The lowest BCUT2D eigenvalue weighted by Gasteiger charge is -2.03. The highest BCUT2D eigenvalue weighted by Crippen LogP contribution is 2.23. The minimum absolute atomic E-state index is 0.00860. The minimum Gasteiger partial charge on any atom is -0.456 e. The monoisotopic (exact) mass is 348 g/mol. The molecular formula is C15H9IO2. The lowest BCUT2D eigenvalue weighted by atomic mass is 10.1. The number of rotatable bonds is 1. The predicted molar refractivity (Wildman–Crippen MR) is 80.6 cm³/mol. The summed E-state index contributed by atoms with van der Waals surface area (Å²) < 4.78 is 6.89. The number of halogens is 1. The van der Waals surface area contributed by atoms with Crippen LogP contribution in [0.5, 0.6) is 0 Å². The molecule has 3 aromatic rings. The van der Waals surface area contributed by atoms with E-state index in [1.807, 2.05) is 42.5 Å². The van der Waals surface area contributed by atoms with Crippen molar-refractivity contribution in [2.45, 2.75) is 0 Å². The van der Waals surface area contributed by atoms with E-state index in [1.54, 1.807) is 12.1 Å². The summed E-state index contributed by atoms with van der Waals surface area (Å²) in [6.45, 7) is 0. The maximum absolute atomic E-state index is 12.0. The molecule has 0 aliphatic carbocycles. The third-order valence-corrected chi connectivity index (χ3v) is 3.41. The van der Waals surface area contributed by atoms with Gasteiger partial charge in [-0.25, -0.2) is 0 Å². The van der Waals surface area contributed by atoms with Gasteiger partial charge in [0.15, 0.2) is 5.43 Å². The topological polar surface area (TPSA) is 30.2 Å². The Morgan fingerprint density at radius 3 is 2.61 bits per heavy atom. The smallest absolute Gasteiger partial charge is 0.193 e. The summed E-state index contributed by atoms with van der Waals surface area (Å²) in [4.78, 5) is 12.0.